The van der Waals surface area contributed by atoms with Crippen molar-refractivity contribution in [3.05, 3.63) is 0 Å². The first-order chi connectivity index (χ1) is 5.45. The van der Waals surface area contributed by atoms with Gasteiger partial charge < -0.3 is 5.23 Å². The maximum Gasteiger partial charge on any atom is 0.204 e. The normalized spacial score (nSPS) is 13.6. The van der Waals surface area contributed by atoms with E-state index in [1.165, 1.54) is 0 Å². The third-order valence-electron chi connectivity index (χ3n) is 1.83. The Hall–Kier alpha value is -0.305. The minimum atomic E-state index is 0.00685. The molecule has 1 atom stereocenters. The van der Waals surface area contributed by atoms with Crippen molar-refractivity contribution in [3.8, 4) is 0 Å². The monoisotopic (exact) mass is 169 g/mol. The fourth-order valence-corrected chi connectivity index (χ4v) is 1.01. The first-order valence-corrected chi connectivity index (χ1v) is 4.72. The molecule has 1 unspecified atom stereocenters. The fraction of sp³-hybridized carbons (Fsp3) is 0.889. The molecule has 0 saturated heterocycles. The van der Waals surface area contributed by atoms with Crippen LogP contribution in [0.4, 0.5) is 0 Å². The van der Waals surface area contributed by atoms with E-state index in [1.54, 1.807) is 0 Å². The maximum absolute atomic E-state index is 11.4. The lowest BCUT2D eigenvalue weighted by Gasteiger charge is -2.15. The van der Waals surface area contributed by atoms with Crippen LogP contribution in [0.2, 0.25) is 5.82 Å². The van der Waals surface area contributed by atoms with Crippen molar-refractivity contribution in [1.82, 2.24) is 5.23 Å². The summed E-state index contributed by atoms with van der Waals surface area (Å²) in [5.41, 5.74) is 0. The number of ketones is 1. The fourth-order valence-electron chi connectivity index (χ4n) is 1.01. The largest absolute Gasteiger partial charge is 0.350 e. The predicted octanol–water partition coefficient (Wildman–Crippen LogP) is 1.37. The van der Waals surface area contributed by atoms with Crippen LogP contribution < -0.4 is 5.23 Å². The standard InChI is InChI=1S/C9H20BNO/c1-6(2)9(12)8(5)11-10-7(3)4/h6-8,10-11H,1-5H3. The van der Waals surface area contributed by atoms with E-state index in [-0.39, 0.29) is 12.0 Å². The van der Waals surface area contributed by atoms with Gasteiger partial charge in [-0.1, -0.05) is 33.5 Å². The van der Waals surface area contributed by atoms with Crippen molar-refractivity contribution in [3.63, 3.8) is 0 Å². The van der Waals surface area contributed by atoms with Gasteiger partial charge in [-0.15, -0.1) is 0 Å². The molecule has 0 spiro atoms. The molecule has 0 aliphatic heterocycles. The van der Waals surface area contributed by atoms with Crippen LogP contribution in [0.1, 0.15) is 34.6 Å². The average Bonchev–Trinajstić information content (AvgIpc) is 1.98. The lowest BCUT2D eigenvalue weighted by atomic mass is 9.77. The van der Waals surface area contributed by atoms with Gasteiger partial charge >= 0.3 is 0 Å². The van der Waals surface area contributed by atoms with E-state index in [1.807, 2.05) is 20.8 Å². The lowest BCUT2D eigenvalue weighted by molar-refractivity contribution is -0.123. The molecule has 12 heavy (non-hydrogen) atoms. The molecule has 0 aliphatic rings. The van der Waals surface area contributed by atoms with Crippen LogP contribution in [-0.2, 0) is 4.79 Å². The Morgan fingerprint density at radius 1 is 1.17 bits per heavy atom. The van der Waals surface area contributed by atoms with Crippen molar-refractivity contribution in [2.45, 2.75) is 46.5 Å². The van der Waals surface area contributed by atoms with Gasteiger partial charge in [0.25, 0.3) is 0 Å². The van der Waals surface area contributed by atoms with E-state index in [2.05, 4.69) is 19.1 Å². The van der Waals surface area contributed by atoms with Crippen LogP contribution in [0.3, 0.4) is 0 Å². The minimum absolute atomic E-state index is 0.00685. The van der Waals surface area contributed by atoms with Gasteiger partial charge in [0.2, 0.25) is 7.41 Å². The summed E-state index contributed by atoms with van der Waals surface area (Å²) in [6.45, 7) is 10.1. The molecule has 0 radical (unpaired) electrons. The van der Waals surface area contributed by atoms with Gasteiger partial charge in [-0.05, 0) is 6.92 Å². The van der Waals surface area contributed by atoms with E-state index in [9.17, 15) is 4.79 Å². The van der Waals surface area contributed by atoms with E-state index in [4.69, 9.17) is 0 Å². The zero-order valence-corrected chi connectivity index (χ0v) is 8.85. The summed E-state index contributed by atoms with van der Waals surface area (Å²) in [5, 5.41) is 3.21. The summed E-state index contributed by atoms with van der Waals surface area (Å²) in [6.07, 6.45) is 0. The van der Waals surface area contributed by atoms with Crippen LogP contribution in [-0.4, -0.2) is 19.2 Å². The Balaban J connectivity index is 3.72. The molecule has 1 N–H and O–H groups in total. The molecule has 0 fully saturated rings. The van der Waals surface area contributed by atoms with Crippen molar-refractivity contribution >= 4 is 13.2 Å². The van der Waals surface area contributed by atoms with Crippen LogP contribution in [0, 0.1) is 5.92 Å². The summed E-state index contributed by atoms with van der Waals surface area (Å²) in [5.74, 6) is 1.04. The van der Waals surface area contributed by atoms with Crippen molar-refractivity contribution < 1.29 is 4.79 Å². The number of hydrogen-bond donors (Lipinski definition) is 1. The first-order valence-electron chi connectivity index (χ1n) is 4.72. The Labute approximate surface area is 76.4 Å². The molecule has 0 aromatic rings. The number of nitrogens with one attached hydrogen (secondary N) is 1. The number of Topliss-reactive ketones (excluding diaryl/α,β-unsaturated/α-hetero) is 1. The van der Waals surface area contributed by atoms with Crippen LogP contribution in [0.15, 0.2) is 0 Å². The smallest absolute Gasteiger partial charge is 0.204 e. The molecule has 0 saturated carbocycles. The van der Waals surface area contributed by atoms with Gasteiger partial charge in [0.05, 0.1) is 6.04 Å². The molecular formula is C9H20BNO. The summed E-state index contributed by atoms with van der Waals surface area (Å²) in [7, 11) is 0.916. The molecule has 0 aromatic heterocycles. The number of carbonyl (C=O) groups is 1. The Morgan fingerprint density at radius 3 is 2.00 bits per heavy atom. The highest BCUT2D eigenvalue weighted by molar-refractivity contribution is 6.34. The predicted molar refractivity (Wildman–Crippen MR) is 54.7 cm³/mol. The van der Waals surface area contributed by atoms with E-state index >= 15 is 0 Å². The van der Waals surface area contributed by atoms with Gasteiger partial charge in [0, 0.05) is 5.92 Å². The minimum Gasteiger partial charge on any atom is -0.350 e. The van der Waals surface area contributed by atoms with Crippen LogP contribution in [0.5, 0.6) is 0 Å². The quantitative estimate of drug-likeness (QED) is 0.629. The van der Waals surface area contributed by atoms with Gasteiger partial charge in [-0.3, -0.25) is 4.79 Å². The molecule has 3 heteroatoms. The Kier molecular flexibility index (Phi) is 5.22. The molecule has 0 aliphatic carbocycles. The highest BCUT2D eigenvalue weighted by atomic mass is 16.1. The van der Waals surface area contributed by atoms with Gasteiger partial charge in [-0.2, -0.15) is 0 Å². The van der Waals surface area contributed by atoms with Gasteiger partial charge in [-0.25, -0.2) is 0 Å². The third-order valence-corrected chi connectivity index (χ3v) is 1.83. The second-order valence-electron chi connectivity index (χ2n) is 4.08. The Morgan fingerprint density at radius 2 is 1.67 bits per heavy atom. The number of rotatable bonds is 5. The number of hydrogen-bond acceptors (Lipinski definition) is 2. The van der Waals surface area contributed by atoms with Crippen LogP contribution >= 0.6 is 0 Å². The van der Waals surface area contributed by atoms with E-state index < -0.39 is 0 Å². The highest BCUT2D eigenvalue weighted by Crippen LogP contribution is 2.00. The molecule has 0 bridgehead atoms. The molecule has 0 aromatic carbocycles. The van der Waals surface area contributed by atoms with Gasteiger partial charge in [0.1, 0.15) is 0 Å². The maximum atomic E-state index is 11.4. The summed E-state index contributed by atoms with van der Waals surface area (Å²) >= 11 is 0. The van der Waals surface area contributed by atoms with Crippen molar-refractivity contribution in [1.29, 1.82) is 0 Å². The molecule has 0 amide bonds. The third kappa shape index (κ3) is 4.55. The summed E-state index contributed by atoms with van der Waals surface area (Å²) in [6, 6.07) is 0.00685. The molecular weight excluding hydrogens is 149 g/mol. The Bertz CT molecular complexity index is 145. The van der Waals surface area contributed by atoms with Crippen molar-refractivity contribution in [2.24, 2.45) is 5.92 Å². The second-order valence-corrected chi connectivity index (χ2v) is 4.08. The molecule has 2 nitrogen and oxygen atoms in total. The van der Waals surface area contributed by atoms with Crippen LogP contribution in [0.25, 0.3) is 0 Å². The van der Waals surface area contributed by atoms with Crippen molar-refractivity contribution in [2.75, 3.05) is 0 Å². The topological polar surface area (TPSA) is 29.1 Å². The zero-order chi connectivity index (χ0) is 9.72. The second kappa shape index (κ2) is 5.36. The molecule has 70 valence electrons. The summed E-state index contributed by atoms with van der Waals surface area (Å²) < 4.78 is 0. The first kappa shape index (κ1) is 11.7. The van der Waals surface area contributed by atoms with E-state index in [0.29, 0.717) is 11.6 Å². The van der Waals surface area contributed by atoms with Gasteiger partial charge in [0.15, 0.2) is 5.78 Å². The highest BCUT2D eigenvalue weighted by Gasteiger charge is 2.15. The zero-order valence-electron chi connectivity index (χ0n) is 8.85. The molecule has 0 rings (SSSR count). The number of carbonyl (C=O) groups excluding carboxylic acids is 1. The summed E-state index contributed by atoms with van der Waals surface area (Å²) in [4.78, 5) is 11.4. The average molecular weight is 169 g/mol. The lowest BCUT2D eigenvalue weighted by Crippen LogP contribution is -2.39. The SMILES string of the molecule is CC(C)BNC(C)C(=O)C(C)C. The molecule has 0 heterocycles. The van der Waals surface area contributed by atoms with E-state index in [0.717, 1.165) is 7.41 Å².